The lowest BCUT2D eigenvalue weighted by Gasteiger charge is -2.22. The normalized spacial score (nSPS) is 16.4. The molecule has 1 atom stereocenters. The molecule has 6 nitrogen and oxygen atoms in total. The van der Waals surface area contributed by atoms with Crippen LogP contribution in [0.5, 0.6) is 0 Å². The summed E-state index contributed by atoms with van der Waals surface area (Å²) in [6.45, 7) is 8.54. The molecule has 1 unspecified atom stereocenters. The van der Waals surface area contributed by atoms with Gasteiger partial charge in [-0.2, -0.15) is 5.26 Å². The summed E-state index contributed by atoms with van der Waals surface area (Å²) in [5.74, 6) is 0.339. The maximum Gasteiger partial charge on any atom is 0.225 e. The standard InChI is InChI=1S/C27H29FN5OPS/c1-4-14(3)20(22-15(10-29)26(30)36-25(22)19(28)5-2)21-18-13-34-12-17(18)16-11-31-27(32-23(16)24(21)35)33-8-6-7-9-33/h5,11H,4,6-9,12-13,30,35H2,1-3H3/b19-5+,20-14+. The van der Waals surface area contributed by atoms with Crippen molar-refractivity contribution in [3.8, 4) is 6.07 Å². The number of allylic oxidation sites excluding steroid dienone is 2. The van der Waals surface area contributed by atoms with E-state index in [2.05, 4.69) is 27.1 Å². The first-order valence-electron chi connectivity index (χ1n) is 12.2. The maximum atomic E-state index is 15.2. The second kappa shape index (κ2) is 9.89. The zero-order valence-corrected chi connectivity index (χ0v) is 22.7. The highest BCUT2D eigenvalue weighted by Crippen LogP contribution is 2.46. The van der Waals surface area contributed by atoms with Gasteiger partial charge in [-0.15, -0.1) is 20.6 Å². The van der Waals surface area contributed by atoms with E-state index in [1.807, 2.05) is 13.1 Å². The van der Waals surface area contributed by atoms with Crippen molar-refractivity contribution in [2.24, 2.45) is 0 Å². The first-order valence-corrected chi connectivity index (χ1v) is 13.6. The molecule has 5 rings (SSSR count). The van der Waals surface area contributed by atoms with Crippen molar-refractivity contribution in [2.75, 3.05) is 23.7 Å². The van der Waals surface area contributed by atoms with Crippen LogP contribution in [-0.2, 0) is 18.0 Å². The predicted octanol–water partition coefficient (Wildman–Crippen LogP) is 5.84. The molecule has 2 N–H and O–H groups in total. The van der Waals surface area contributed by atoms with Crippen molar-refractivity contribution >= 4 is 59.1 Å². The number of nitrogens with zero attached hydrogens (tertiary/aromatic N) is 4. The summed E-state index contributed by atoms with van der Waals surface area (Å²) in [5.41, 5.74) is 12.9. The maximum absolute atomic E-state index is 15.2. The van der Waals surface area contributed by atoms with Gasteiger partial charge in [-0.25, -0.2) is 14.4 Å². The molecule has 1 saturated heterocycles. The van der Waals surface area contributed by atoms with Crippen molar-refractivity contribution in [1.82, 2.24) is 9.97 Å². The number of nitrogens with two attached hydrogens (primary N) is 1. The van der Waals surface area contributed by atoms with Crippen LogP contribution in [-0.4, -0.2) is 23.1 Å². The molecule has 9 heteroatoms. The van der Waals surface area contributed by atoms with Crippen LogP contribution >= 0.6 is 20.6 Å². The quantitative estimate of drug-likeness (QED) is 0.425. The van der Waals surface area contributed by atoms with Gasteiger partial charge in [0.05, 0.1) is 29.2 Å². The molecule has 3 aromatic rings. The number of hydrogen-bond acceptors (Lipinski definition) is 7. The van der Waals surface area contributed by atoms with Crippen molar-refractivity contribution in [3.63, 3.8) is 0 Å². The Kier molecular flexibility index (Phi) is 6.82. The lowest BCUT2D eigenvalue weighted by molar-refractivity contribution is 0.135. The van der Waals surface area contributed by atoms with Crippen LogP contribution < -0.4 is 15.9 Å². The molecular formula is C27H29FN5OPS. The van der Waals surface area contributed by atoms with E-state index in [4.69, 9.17) is 20.4 Å². The summed E-state index contributed by atoms with van der Waals surface area (Å²) in [7, 11) is 2.87. The number of fused-ring (bicyclic) bond motifs is 3. The van der Waals surface area contributed by atoms with Crippen molar-refractivity contribution < 1.29 is 9.13 Å². The van der Waals surface area contributed by atoms with E-state index in [0.717, 1.165) is 93.7 Å². The van der Waals surface area contributed by atoms with Gasteiger partial charge in [0.2, 0.25) is 5.95 Å². The van der Waals surface area contributed by atoms with Gasteiger partial charge in [0.1, 0.15) is 16.9 Å². The smallest absolute Gasteiger partial charge is 0.225 e. The number of aromatic nitrogens is 2. The van der Waals surface area contributed by atoms with Gasteiger partial charge in [0.25, 0.3) is 0 Å². The molecule has 0 amide bonds. The molecule has 0 spiro atoms. The average Bonchev–Trinajstić information content (AvgIpc) is 3.65. The zero-order valence-electron chi connectivity index (χ0n) is 20.7. The molecule has 0 radical (unpaired) electrons. The number of halogens is 1. The Bertz CT molecular complexity index is 1480. The van der Waals surface area contributed by atoms with Gasteiger partial charge in [-0.3, -0.25) is 0 Å². The zero-order chi connectivity index (χ0) is 25.6. The molecule has 186 valence electrons. The van der Waals surface area contributed by atoms with E-state index in [9.17, 15) is 5.26 Å². The van der Waals surface area contributed by atoms with E-state index < -0.39 is 0 Å². The summed E-state index contributed by atoms with van der Waals surface area (Å²) in [4.78, 5) is 12.3. The molecule has 2 aliphatic heterocycles. The topological polar surface area (TPSA) is 88.1 Å². The van der Waals surface area contributed by atoms with Crippen LogP contribution in [0.2, 0.25) is 0 Å². The summed E-state index contributed by atoms with van der Waals surface area (Å²) in [6, 6.07) is 2.25. The van der Waals surface area contributed by atoms with Crippen molar-refractivity contribution in [3.05, 3.63) is 50.5 Å². The van der Waals surface area contributed by atoms with E-state index in [0.29, 0.717) is 34.2 Å². The van der Waals surface area contributed by atoms with Crippen LogP contribution in [0.4, 0.5) is 15.3 Å². The molecule has 2 aliphatic rings. The first-order chi connectivity index (χ1) is 17.4. The molecule has 0 aliphatic carbocycles. The summed E-state index contributed by atoms with van der Waals surface area (Å²) in [5, 5.41) is 12.3. The highest BCUT2D eigenvalue weighted by Gasteiger charge is 2.31. The van der Waals surface area contributed by atoms with Gasteiger partial charge in [-0.1, -0.05) is 18.6 Å². The van der Waals surface area contributed by atoms with Crippen LogP contribution in [0.1, 0.15) is 72.7 Å². The number of nitrogen functional groups attached to an aromatic ring is 1. The highest BCUT2D eigenvalue weighted by atomic mass is 32.1. The van der Waals surface area contributed by atoms with Crippen LogP contribution in [0.15, 0.2) is 17.8 Å². The molecule has 4 heterocycles. The van der Waals surface area contributed by atoms with Crippen molar-refractivity contribution in [2.45, 2.75) is 53.2 Å². The Hall–Kier alpha value is -2.85. The van der Waals surface area contributed by atoms with Gasteiger partial charge in [0, 0.05) is 35.5 Å². The number of ether oxygens (including phenoxy) is 1. The minimum Gasteiger partial charge on any atom is -0.389 e. The third kappa shape index (κ3) is 3.91. The number of anilines is 2. The minimum absolute atomic E-state index is 0.312. The molecule has 1 fully saturated rings. The first kappa shape index (κ1) is 24.8. The molecular weight excluding hydrogens is 492 g/mol. The van der Waals surface area contributed by atoms with E-state index in [1.54, 1.807) is 6.92 Å². The van der Waals surface area contributed by atoms with Crippen LogP contribution in [0.25, 0.3) is 22.3 Å². The molecule has 36 heavy (non-hydrogen) atoms. The fourth-order valence-corrected chi connectivity index (χ4v) is 6.68. The summed E-state index contributed by atoms with van der Waals surface area (Å²) >= 11 is 1.12. The average molecular weight is 522 g/mol. The Balaban J connectivity index is 1.87. The van der Waals surface area contributed by atoms with Gasteiger partial charge in [-0.05, 0) is 55.4 Å². The lowest BCUT2D eigenvalue weighted by Crippen LogP contribution is -2.21. The molecule has 0 saturated carbocycles. The number of nitriles is 1. The van der Waals surface area contributed by atoms with E-state index in [1.165, 1.54) is 6.08 Å². The third-order valence-corrected chi connectivity index (χ3v) is 8.74. The Morgan fingerprint density at radius 2 is 2.03 bits per heavy atom. The Morgan fingerprint density at radius 1 is 1.31 bits per heavy atom. The second-order valence-corrected chi connectivity index (χ2v) is 10.8. The fourth-order valence-electron chi connectivity index (χ4n) is 5.15. The second-order valence-electron chi connectivity index (χ2n) is 9.17. The van der Waals surface area contributed by atoms with Gasteiger partial charge < -0.3 is 15.4 Å². The summed E-state index contributed by atoms with van der Waals surface area (Å²) < 4.78 is 21.1. The molecule has 0 bridgehead atoms. The Labute approximate surface area is 216 Å². The van der Waals surface area contributed by atoms with E-state index >= 15 is 4.39 Å². The lowest BCUT2D eigenvalue weighted by atomic mass is 9.85. The predicted molar refractivity (Wildman–Crippen MR) is 149 cm³/mol. The number of benzene rings is 1. The van der Waals surface area contributed by atoms with Gasteiger partial charge in [0.15, 0.2) is 0 Å². The van der Waals surface area contributed by atoms with Crippen molar-refractivity contribution in [1.29, 1.82) is 5.26 Å². The highest BCUT2D eigenvalue weighted by molar-refractivity contribution is 7.28. The third-order valence-electron chi connectivity index (χ3n) is 7.15. The van der Waals surface area contributed by atoms with Crippen LogP contribution in [0.3, 0.4) is 0 Å². The molecule has 2 aromatic heterocycles. The largest absolute Gasteiger partial charge is 0.389 e. The number of thiophene rings is 1. The number of rotatable bonds is 5. The van der Waals surface area contributed by atoms with E-state index in [-0.39, 0.29) is 5.83 Å². The fraction of sp³-hybridized carbons (Fsp3) is 0.370. The SMILES string of the molecule is C/C=C(/F)c1sc(N)c(C#N)c1/C(=C(\C)CC)c1c2c(c3cnc(N4CCCC4)nc3c1P)COC2. The van der Waals surface area contributed by atoms with Gasteiger partial charge >= 0.3 is 0 Å². The monoisotopic (exact) mass is 521 g/mol. The number of hydrogen-bond donors (Lipinski definition) is 1. The summed E-state index contributed by atoms with van der Waals surface area (Å²) in [6.07, 6.45) is 6.33. The van der Waals surface area contributed by atoms with Crippen LogP contribution in [0, 0.1) is 11.3 Å². The minimum atomic E-state index is -0.387. The Morgan fingerprint density at radius 3 is 2.69 bits per heavy atom. The molecule has 1 aromatic carbocycles.